The summed E-state index contributed by atoms with van der Waals surface area (Å²) in [5.74, 6) is -1.82. The van der Waals surface area contributed by atoms with E-state index in [-0.39, 0.29) is 5.69 Å². The molecule has 0 saturated heterocycles. The van der Waals surface area contributed by atoms with Gasteiger partial charge in [0.05, 0.1) is 21.8 Å². The van der Waals surface area contributed by atoms with Crippen LogP contribution in [0.2, 0.25) is 0 Å². The largest absolute Gasteiger partial charge is 0.481 e. The first-order valence-corrected chi connectivity index (χ1v) is 5.66. The van der Waals surface area contributed by atoms with Gasteiger partial charge >= 0.3 is 5.97 Å². The first-order valence-electron chi connectivity index (χ1n) is 5.66. The molecule has 2 N–H and O–H groups in total. The van der Waals surface area contributed by atoms with Gasteiger partial charge in [-0.05, 0) is 19.9 Å². The number of benzene rings is 1. The molecular formula is C11H13N3O6. The number of nitro groups is 2. The Labute approximate surface area is 113 Å². The number of nitrogens with one attached hydrogen (secondary N) is 1. The second-order valence-corrected chi connectivity index (χ2v) is 4.28. The molecule has 0 bridgehead atoms. The second-order valence-electron chi connectivity index (χ2n) is 4.28. The third kappa shape index (κ3) is 3.40. The molecule has 0 saturated carbocycles. The van der Waals surface area contributed by atoms with Crippen LogP contribution in [0.3, 0.4) is 0 Å². The highest BCUT2D eigenvalue weighted by molar-refractivity contribution is 5.72. The van der Waals surface area contributed by atoms with E-state index in [0.29, 0.717) is 0 Å². The van der Waals surface area contributed by atoms with Gasteiger partial charge in [-0.25, -0.2) is 0 Å². The van der Waals surface area contributed by atoms with Crippen LogP contribution in [0.25, 0.3) is 0 Å². The van der Waals surface area contributed by atoms with Crippen LogP contribution in [0.1, 0.15) is 13.8 Å². The van der Waals surface area contributed by atoms with Crippen molar-refractivity contribution in [1.29, 1.82) is 0 Å². The van der Waals surface area contributed by atoms with Crippen molar-refractivity contribution in [3.8, 4) is 0 Å². The van der Waals surface area contributed by atoms with E-state index in [0.717, 1.165) is 12.1 Å². The van der Waals surface area contributed by atoms with Crippen molar-refractivity contribution in [1.82, 2.24) is 0 Å². The standard InChI is InChI=1S/C11H13N3O6/c1-6(11(15)16)7(2)12-9-4-3-8(13(17)18)5-10(9)14(19)20/h3-7,12H,1-2H3,(H,15,16). The van der Waals surface area contributed by atoms with Gasteiger partial charge in [-0.2, -0.15) is 0 Å². The predicted octanol–water partition coefficient (Wildman–Crippen LogP) is 2.02. The highest BCUT2D eigenvalue weighted by Crippen LogP contribution is 2.30. The van der Waals surface area contributed by atoms with Crippen LogP contribution in [0.5, 0.6) is 0 Å². The molecule has 0 amide bonds. The SMILES string of the molecule is CC(Nc1ccc([N+](=O)[O-])cc1[N+](=O)[O-])C(C)C(=O)O. The van der Waals surface area contributed by atoms with Crippen LogP contribution >= 0.6 is 0 Å². The summed E-state index contributed by atoms with van der Waals surface area (Å²) in [5.41, 5.74) is -0.828. The number of aliphatic carboxylic acids is 1. The van der Waals surface area contributed by atoms with Crippen LogP contribution in [0.15, 0.2) is 18.2 Å². The lowest BCUT2D eigenvalue weighted by atomic mass is 10.0. The van der Waals surface area contributed by atoms with Crippen LogP contribution < -0.4 is 5.32 Å². The molecule has 0 radical (unpaired) electrons. The molecule has 0 heterocycles. The van der Waals surface area contributed by atoms with Crippen molar-refractivity contribution < 1.29 is 19.7 Å². The Hall–Kier alpha value is -2.71. The topological polar surface area (TPSA) is 136 Å². The van der Waals surface area contributed by atoms with E-state index in [9.17, 15) is 25.0 Å². The summed E-state index contributed by atoms with van der Waals surface area (Å²) < 4.78 is 0. The van der Waals surface area contributed by atoms with Gasteiger partial charge in [0.25, 0.3) is 11.4 Å². The van der Waals surface area contributed by atoms with Gasteiger partial charge < -0.3 is 10.4 Å². The minimum absolute atomic E-state index is 0.0428. The number of nitro benzene ring substituents is 2. The third-order valence-electron chi connectivity index (χ3n) is 2.91. The summed E-state index contributed by atoms with van der Waals surface area (Å²) in [4.78, 5) is 30.8. The van der Waals surface area contributed by atoms with Crippen molar-refractivity contribution in [3.05, 3.63) is 38.4 Å². The number of non-ortho nitro benzene ring substituents is 1. The first-order chi connectivity index (χ1) is 9.23. The molecule has 9 nitrogen and oxygen atoms in total. The number of carboxylic acid groups (broad SMARTS) is 1. The summed E-state index contributed by atoms with van der Waals surface area (Å²) in [6, 6.07) is 2.57. The minimum Gasteiger partial charge on any atom is -0.481 e. The maximum Gasteiger partial charge on any atom is 0.308 e. The lowest BCUT2D eigenvalue weighted by Crippen LogP contribution is -2.29. The van der Waals surface area contributed by atoms with Crippen molar-refractivity contribution in [3.63, 3.8) is 0 Å². The fourth-order valence-electron chi connectivity index (χ4n) is 1.49. The van der Waals surface area contributed by atoms with Gasteiger partial charge in [0.2, 0.25) is 0 Å². The van der Waals surface area contributed by atoms with Gasteiger partial charge in [-0.3, -0.25) is 25.0 Å². The van der Waals surface area contributed by atoms with Crippen LogP contribution in [-0.2, 0) is 4.79 Å². The first kappa shape index (κ1) is 15.3. The summed E-state index contributed by atoms with van der Waals surface area (Å²) in [5, 5.41) is 33.1. The molecule has 0 aliphatic carbocycles. The molecule has 9 heteroatoms. The second kappa shape index (κ2) is 5.95. The number of hydrogen-bond acceptors (Lipinski definition) is 6. The average molecular weight is 283 g/mol. The molecule has 2 atom stereocenters. The van der Waals surface area contributed by atoms with Gasteiger partial charge in [-0.15, -0.1) is 0 Å². The highest BCUT2D eigenvalue weighted by Gasteiger charge is 2.24. The van der Waals surface area contributed by atoms with E-state index in [4.69, 9.17) is 5.11 Å². The quantitative estimate of drug-likeness (QED) is 0.602. The Balaban J connectivity index is 3.09. The monoisotopic (exact) mass is 283 g/mol. The van der Waals surface area contributed by atoms with Gasteiger partial charge in [0.15, 0.2) is 0 Å². The molecule has 2 unspecified atom stereocenters. The molecule has 20 heavy (non-hydrogen) atoms. The summed E-state index contributed by atoms with van der Waals surface area (Å²) in [6.07, 6.45) is 0. The molecule has 0 aromatic heterocycles. The fourth-order valence-corrected chi connectivity index (χ4v) is 1.49. The summed E-state index contributed by atoms with van der Waals surface area (Å²) in [7, 11) is 0. The van der Waals surface area contributed by atoms with Crippen molar-refractivity contribution in [2.24, 2.45) is 5.92 Å². The Kier molecular flexibility index (Phi) is 4.57. The lowest BCUT2D eigenvalue weighted by Gasteiger charge is -2.18. The molecule has 1 aromatic carbocycles. The molecular weight excluding hydrogens is 270 g/mol. The van der Waals surface area contributed by atoms with E-state index in [2.05, 4.69) is 5.32 Å². The maximum absolute atomic E-state index is 10.9. The Morgan fingerprint density at radius 2 is 1.85 bits per heavy atom. The van der Waals surface area contributed by atoms with Crippen LogP contribution in [0.4, 0.5) is 17.1 Å². The molecule has 108 valence electrons. The molecule has 0 spiro atoms. The summed E-state index contributed by atoms with van der Waals surface area (Å²) >= 11 is 0. The normalized spacial score (nSPS) is 13.3. The third-order valence-corrected chi connectivity index (χ3v) is 2.91. The molecule has 1 rings (SSSR count). The van der Waals surface area contributed by atoms with Gasteiger partial charge in [0.1, 0.15) is 5.69 Å². The van der Waals surface area contributed by atoms with E-state index >= 15 is 0 Å². The van der Waals surface area contributed by atoms with Gasteiger partial charge in [0, 0.05) is 12.1 Å². The van der Waals surface area contributed by atoms with E-state index in [1.54, 1.807) is 6.92 Å². The summed E-state index contributed by atoms with van der Waals surface area (Å²) in [6.45, 7) is 3.02. The average Bonchev–Trinajstić information content (AvgIpc) is 2.37. The zero-order valence-electron chi connectivity index (χ0n) is 10.8. The Morgan fingerprint density at radius 3 is 2.30 bits per heavy atom. The zero-order chi connectivity index (χ0) is 15.4. The molecule has 1 aromatic rings. The number of nitrogens with zero attached hydrogens (tertiary/aromatic N) is 2. The van der Waals surface area contributed by atoms with Crippen molar-refractivity contribution >= 4 is 23.0 Å². The Bertz CT molecular complexity index is 559. The number of carbonyl (C=O) groups is 1. The fraction of sp³-hybridized carbons (Fsp3) is 0.364. The smallest absolute Gasteiger partial charge is 0.308 e. The molecule has 0 aliphatic rings. The van der Waals surface area contributed by atoms with Gasteiger partial charge in [-0.1, -0.05) is 0 Å². The maximum atomic E-state index is 10.9. The number of hydrogen-bond donors (Lipinski definition) is 2. The van der Waals surface area contributed by atoms with E-state index < -0.39 is 39.2 Å². The van der Waals surface area contributed by atoms with E-state index in [1.807, 2.05) is 0 Å². The van der Waals surface area contributed by atoms with E-state index in [1.165, 1.54) is 13.0 Å². The Morgan fingerprint density at radius 1 is 1.25 bits per heavy atom. The number of anilines is 1. The molecule has 0 fully saturated rings. The van der Waals surface area contributed by atoms with Crippen molar-refractivity contribution in [2.45, 2.75) is 19.9 Å². The van der Waals surface area contributed by atoms with Crippen LogP contribution in [-0.4, -0.2) is 27.0 Å². The predicted molar refractivity (Wildman–Crippen MR) is 69.6 cm³/mol. The molecule has 0 aliphatic heterocycles. The highest BCUT2D eigenvalue weighted by atomic mass is 16.6. The lowest BCUT2D eigenvalue weighted by molar-refractivity contribution is -0.393. The minimum atomic E-state index is -1.05. The zero-order valence-corrected chi connectivity index (χ0v) is 10.8. The van der Waals surface area contributed by atoms with Crippen molar-refractivity contribution in [2.75, 3.05) is 5.32 Å². The number of rotatable bonds is 6. The number of carboxylic acids is 1. The van der Waals surface area contributed by atoms with Crippen LogP contribution in [0, 0.1) is 26.1 Å².